The highest BCUT2D eigenvalue weighted by Gasteiger charge is 2.01. The normalized spacial score (nSPS) is 10.7. The smallest absolute Gasteiger partial charge is 0.244 e. The third-order valence-corrected chi connectivity index (χ3v) is 3.06. The highest BCUT2D eigenvalue weighted by atomic mass is 79.9. The number of pyridine rings is 1. The minimum Gasteiger partial charge on any atom is -0.348 e. The summed E-state index contributed by atoms with van der Waals surface area (Å²) in [5, 5.41) is 2.70. The van der Waals surface area contributed by atoms with Crippen LogP contribution in [0.1, 0.15) is 11.1 Å². The molecule has 0 aliphatic carbocycles. The summed E-state index contributed by atoms with van der Waals surface area (Å²) in [5.74, 6) is -0.655. The maximum absolute atomic E-state index is 13.5. The number of nitrogens with one attached hydrogen (secondary N) is 1. The molecule has 0 atom stereocenters. The van der Waals surface area contributed by atoms with Crippen LogP contribution in [0.15, 0.2) is 53.3 Å². The third-order valence-electron chi connectivity index (χ3n) is 2.56. The molecule has 20 heavy (non-hydrogen) atoms. The van der Waals surface area contributed by atoms with Crippen molar-refractivity contribution in [2.24, 2.45) is 0 Å². The maximum atomic E-state index is 13.5. The molecule has 102 valence electrons. The lowest BCUT2D eigenvalue weighted by Crippen LogP contribution is -2.20. The highest BCUT2D eigenvalue weighted by molar-refractivity contribution is 9.10. The van der Waals surface area contributed by atoms with Gasteiger partial charge in [0.2, 0.25) is 5.91 Å². The molecular formula is C15H12BrFN2O. The van der Waals surface area contributed by atoms with E-state index in [-0.39, 0.29) is 11.7 Å². The zero-order valence-electron chi connectivity index (χ0n) is 10.5. The minimum atomic E-state index is -0.371. The molecule has 5 heteroatoms. The minimum absolute atomic E-state index is 0.284. The van der Waals surface area contributed by atoms with Crippen molar-refractivity contribution in [2.45, 2.75) is 6.54 Å². The van der Waals surface area contributed by atoms with E-state index in [4.69, 9.17) is 0 Å². The summed E-state index contributed by atoms with van der Waals surface area (Å²) in [4.78, 5) is 15.6. The molecule has 0 radical (unpaired) electrons. The summed E-state index contributed by atoms with van der Waals surface area (Å²) >= 11 is 3.26. The van der Waals surface area contributed by atoms with E-state index in [0.29, 0.717) is 12.1 Å². The van der Waals surface area contributed by atoms with Crippen molar-refractivity contribution >= 4 is 27.9 Å². The zero-order valence-corrected chi connectivity index (χ0v) is 12.1. The van der Waals surface area contributed by atoms with E-state index >= 15 is 0 Å². The van der Waals surface area contributed by atoms with Crippen molar-refractivity contribution in [3.8, 4) is 0 Å². The van der Waals surface area contributed by atoms with Crippen LogP contribution in [-0.4, -0.2) is 10.9 Å². The number of carbonyl (C=O) groups is 1. The molecule has 0 aliphatic rings. The Morgan fingerprint density at radius 1 is 1.40 bits per heavy atom. The van der Waals surface area contributed by atoms with Crippen molar-refractivity contribution in [2.75, 3.05) is 0 Å². The molecule has 0 saturated carbocycles. The Morgan fingerprint density at radius 2 is 2.25 bits per heavy atom. The predicted octanol–water partition coefficient (Wildman–Crippen LogP) is 3.31. The second-order valence-electron chi connectivity index (χ2n) is 4.08. The number of aromatic nitrogens is 1. The lowest BCUT2D eigenvalue weighted by atomic mass is 10.2. The van der Waals surface area contributed by atoms with E-state index in [1.165, 1.54) is 18.2 Å². The fraction of sp³-hybridized carbons (Fsp3) is 0.0667. The molecule has 0 spiro atoms. The molecule has 0 aliphatic heterocycles. The summed E-state index contributed by atoms with van der Waals surface area (Å²) in [6.45, 7) is 0.387. The standard InChI is InChI=1S/C15H12BrFN2O/c16-13-4-5-14(17)12(8-13)3-6-15(20)19-10-11-2-1-7-18-9-11/h1-9H,10H2,(H,19,20)/b6-3-. The number of nitrogens with zero attached hydrogens (tertiary/aromatic N) is 1. The van der Waals surface area contributed by atoms with Gasteiger partial charge in [-0.2, -0.15) is 0 Å². The molecule has 1 aromatic carbocycles. The Bertz CT molecular complexity index is 629. The van der Waals surface area contributed by atoms with Crippen molar-refractivity contribution in [3.05, 3.63) is 70.2 Å². The van der Waals surface area contributed by atoms with E-state index in [2.05, 4.69) is 26.2 Å². The second-order valence-corrected chi connectivity index (χ2v) is 4.99. The average molecular weight is 335 g/mol. The van der Waals surface area contributed by atoms with Crippen LogP contribution < -0.4 is 5.32 Å². The van der Waals surface area contributed by atoms with Gasteiger partial charge >= 0.3 is 0 Å². The number of hydrogen-bond acceptors (Lipinski definition) is 2. The van der Waals surface area contributed by atoms with E-state index in [1.54, 1.807) is 30.6 Å². The molecule has 0 saturated heterocycles. The number of benzene rings is 1. The van der Waals surface area contributed by atoms with Gasteiger partial charge in [0.15, 0.2) is 0 Å². The highest BCUT2D eigenvalue weighted by Crippen LogP contribution is 2.16. The molecular weight excluding hydrogens is 323 g/mol. The summed E-state index contributed by atoms with van der Waals surface area (Å²) in [6.07, 6.45) is 6.10. The first-order valence-corrected chi connectivity index (χ1v) is 6.74. The van der Waals surface area contributed by atoms with Crippen LogP contribution in [0.4, 0.5) is 4.39 Å². The maximum Gasteiger partial charge on any atom is 0.244 e. The van der Waals surface area contributed by atoms with Crippen LogP contribution in [0.3, 0.4) is 0 Å². The Labute approximate surface area is 124 Å². The van der Waals surface area contributed by atoms with E-state index < -0.39 is 0 Å². The molecule has 1 heterocycles. The van der Waals surface area contributed by atoms with Crippen molar-refractivity contribution in [1.29, 1.82) is 0 Å². The van der Waals surface area contributed by atoms with Gasteiger partial charge in [0.05, 0.1) is 0 Å². The largest absolute Gasteiger partial charge is 0.348 e. The monoisotopic (exact) mass is 334 g/mol. The van der Waals surface area contributed by atoms with Gasteiger partial charge in [-0.25, -0.2) is 4.39 Å². The lowest BCUT2D eigenvalue weighted by Gasteiger charge is -2.02. The van der Waals surface area contributed by atoms with E-state index in [9.17, 15) is 9.18 Å². The number of halogens is 2. The Morgan fingerprint density at radius 3 is 3.00 bits per heavy atom. The van der Waals surface area contributed by atoms with Gasteiger partial charge in [0, 0.05) is 35.1 Å². The Kier molecular flexibility index (Phi) is 5.01. The van der Waals surface area contributed by atoms with Crippen molar-refractivity contribution in [1.82, 2.24) is 10.3 Å². The van der Waals surface area contributed by atoms with E-state index in [0.717, 1.165) is 10.0 Å². The molecule has 0 bridgehead atoms. The van der Waals surface area contributed by atoms with Crippen LogP contribution in [0.5, 0.6) is 0 Å². The molecule has 0 unspecified atom stereocenters. The van der Waals surface area contributed by atoms with Crippen molar-refractivity contribution in [3.63, 3.8) is 0 Å². The van der Waals surface area contributed by atoms with Crippen LogP contribution >= 0.6 is 15.9 Å². The number of carbonyl (C=O) groups excluding carboxylic acids is 1. The fourth-order valence-corrected chi connectivity index (χ4v) is 1.94. The van der Waals surface area contributed by atoms with Crippen LogP contribution in [-0.2, 0) is 11.3 Å². The predicted molar refractivity (Wildman–Crippen MR) is 79.2 cm³/mol. The number of hydrogen-bond donors (Lipinski definition) is 1. The fourth-order valence-electron chi connectivity index (χ4n) is 1.56. The van der Waals surface area contributed by atoms with Gasteiger partial charge in [-0.1, -0.05) is 22.0 Å². The first-order valence-electron chi connectivity index (χ1n) is 5.95. The zero-order chi connectivity index (χ0) is 14.4. The van der Waals surface area contributed by atoms with Gasteiger partial charge in [0.1, 0.15) is 5.82 Å². The van der Waals surface area contributed by atoms with Crippen LogP contribution in [0.25, 0.3) is 6.08 Å². The summed E-state index contributed by atoms with van der Waals surface area (Å²) in [7, 11) is 0. The molecule has 2 rings (SSSR count). The quantitative estimate of drug-likeness (QED) is 0.871. The molecule has 2 aromatic rings. The molecule has 3 nitrogen and oxygen atoms in total. The third kappa shape index (κ3) is 4.28. The summed E-state index contributed by atoms with van der Waals surface area (Å²) in [5.41, 5.74) is 1.26. The van der Waals surface area contributed by atoms with Crippen molar-refractivity contribution < 1.29 is 9.18 Å². The average Bonchev–Trinajstić information content (AvgIpc) is 2.47. The molecule has 1 N–H and O–H groups in total. The van der Waals surface area contributed by atoms with Crippen LogP contribution in [0, 0.1) is 5.82 Å². The van der Waals surface area contributed by atoms with E-state index in [1.807, 2.05) is 6.07 Å². The number of amides is 1. The molecule has 0 fully saturated rings. The second kappa shape index (κ2) is 6.96. The van der Waals surface area contributed by atoms with Crippen LogP contribution in [0.2, 0.25) is 0 Å². The van der Waals surface area contributed by atoms with Gasteiger partial charge in [-0.15, -0.1) is 0 Å². The number of rotatable bonds is 4. The first kappa shape index (κ1) is 14.4. The van der Waals surface area contributed by atoms with Gasteiger partial charge in [-0.05, 0) is 35.9 Å². The Balaban J connectivity index is 1.94. The topological polar surface area (TPSA) is 42.0 Å². The molecule has 1 aromatic heterocycles. The SMILES string of the molecule is O=C(/C=C\c1cc(Br)ccc1F)NCc1cccnc1. The molecule has 1 amide bonds. The van der Waals surface area contributed by atoms with Gasteiger partial charge < -0.3 is 5.32 Å². The van der Waals surface area contributed by atoms with Gasteiger partial charge in [-0.3, -0.25) is 9.78 Å². The van der Waals surface area contributed by atoms with Gasteiger partial charge in [0.25, 0.3) is 0 Å². The first-order chi connectivity index (χ1) is 9.65. The Hall–Kier alpha value is -2.01. The lowest BCUT2D eigenvalue weighted by molar-refractivity contribution is -0.116. The summed E-state index contributed by atoms with van der Waals surface area (Å²) in [6, 6.07) is 8.23. The summed E-state index contributed by atoms with van der Waals surface area (Å²) < 4.78 is 14.2.